The fraction of sp³-hybridized carbons (Fsp3) is 0.333. The van der Waals surface area contributed by atoms with Crippen LogP contribution in [0.2, 0.25) is 9.36 Å². The highest BCUT2D eigenvalue weighted by atomic mass is 35.5. The minimum absolute atomic E-state index is 0.272. The van der Waals surface area contributed by atoms with Crippen LogP contribution >= 0.6 is 34.5 Å². The van der Waals surface area contributed by atoms with E-state index in [2.05, 4.69) is 31.3 Å². The summed E-state index contributed by atoms with van der Waals surface area (Å²) in [5.41, 5.74) is 2.26. The third-order valence-electron chi connectivity index (χ3n) is 3.03. The first kappa shape index (κ1) is 14.9. The summed E-state index contributed by atoms with van der Waals surface area (Å²) in [6, 6.07) is 10.4. The highest BCUT2D eigenvalue weighted by molar-refractivity contribution is 7.19. The Bertz CT molecular complexity index is 551. The van der Waals surface area contributed by atoms with Crippen molar-refractivity contribution < 1.29 is 0 Å². The van der Waals surface area contributed by atoms with E-state index in [1.54, 1.807) is 11.3 Å². The highest BCUT2D eigenvalue weighted by Crippen LogP contribution is 2.34. The molecule has 0 radical (unpaired) electrons. The van der Waals surface area contributed by atoms with Gasteiger partial charge >= 0.3 is 0 Å². The summed E-state index contributed by atoms with van der Waals surface area (Å²) in [6.45, 7) is 5.29. The molecule has 4 heteroatoms. The van der Waals surface area contributed by atoms with Crippen molar-refractivity contribution in [3.8, 4) is 10.4 Å². The van der Waals surface area contributed by atoms with Gasteiger partial charge in [0.2, 0.25) is 0 Å². The van der Waals surface area contributed by atoms with Crippen LogP contribution in [-0.4, -0.2) is 6.54 Å². The molecular weight excluding hydrogens is 297 g/mol. The molecule has 0 aliphatic heterocycles. The molecule has 1 heterocycles. The summed E-state index contributed by atoms with van der Waals surface area (Å²) in [7, 11) is 0. The Morgan fingerprint density at radius 3 is 2.58 bits per heavy atom. The monoisotopic (exact) mass is 313 g/mol. The molecule has 1 unspecified atom stereocenters. The predicted molar refractivity (Wildman–Crippen MR) is 86.5 cm³/mol. The van der Waals surface area contributed by atoms with Crippen LogP contribution in [0.1, 0.15) is 31.9 Å². The van der Waals surface area contributed by atoms with E-state index in [0.29, 0.717) is 0 Å². The number of benzene rings is 1. The molecule has 0 spiro atoms. The van der Waals surface area contributed by atoms with E-state index in [-0.39, 0.29) is 6.04 Å². The SMILES string of the molecule is CCCNC(C)c1ccc(-c2ccc(Cl)s2)cc1Cl. The van der Waals surface area contributed by atoms with Gasteiger partial charge in [0.25, 0.3) is 0 Å². The smallest absolute Gasteiger partial charge is 0.0934 e. The highest BCUT2D eigenvalue weighted by Gasteiger charge is 2.10. The number of hydrogen-bond acceptors (Lipinski definition) is 2. The quantitative estimate of drug-likeness (QED) is 0.737. The van der Waals surface area contributed by atoms with E-state index < -0.39 is 0 Å². The van der Waals surface area contributed by atoms with Crippen molar-refractivity contribution in [3.05, 3.63) is 45.3 Å². The fourth-order valence-electron chi connectivity index (χ4n) is 1.97. The maximum absolute atomic E-state index is 6.39. The standard InChI is InChI=1S/C15H17Cl2NS/c1-3-8-18-10(2)12-5-4-11(9-13(12)16)14-6-7-15(17)19-14/h4-7,9-10,18H,3,8H2,1-2H3. The number of rotatable bonds is 5. The molecule has 0 aliphatic rings. The van der Waals surface area contributed by atoms with Crippen LogP contribution in [0.4, 0.5) is 0 Å². The van der Waals surface area contributed by atoms with Gasteiger partial charge in [-0.3, -0.25) is 0 Å². The number of halogens is 2. The minimum Gasteiger partial charge on any atom is -0.310 e. The zero-order valence-corrected chi connectivity index (χ0v) is 13.4. The zero-order chi connectivity index (χ0) is 13.8. The zero-order valence-electron chi connectivity index (χ0n) is 11.0. The third-order valence-corrected chi connectivity index (χ3v) is 4.63. The lowest BCUT2D eigenvalue weighted by atomic mass is 10.0. The molecular formula is C15H17Cl2NS. The van der Waals surface area contributed by atoms with Gasteiger partial charge in [-0.1, -0.05) is 42.3 Å². The predicted octanol–water partition coefficient (Wildman–Crippen LogP) is 5.78. The van der Waals surface area contributed by atoms with Gasteiger partial charge < -0.3 is 5.32 Å². The molecule has 1 atom stereocenters. The van der Waals surface area contributed by atoms with Crippen molar-refractivity contribution >= 4 is 34.5 Å². The summed E-state index contributed by atoms with van der Waals surface area (Å²) in [5, 5.41) is 4.25. The van der Waals surface area contributed by atoms with Crippen molar-refractivity contribution in [1.82, 2.24) is 5.32 Å². The Labute approximate surface area is 128 Å². The first-order chi connectivity index (χ1) is 9.11. The fourth-order valence-corrected chi connectivity index (χ4v) is 3.36. The first-order valence-corrected chi connectivity index (χ1v) is 7.97. The van der Waals surface area contributed by atoms with Gasteiger partial charge in [0.15, 0.2) is 0 Å². The lowest BCUT2D eigenvalue weighted by Gasteiger charge is -2.15. The number of thiophene rings is 1. The Morgan fingerprint density at radius 1 is 1.21 bits per heavy atom. The first-order valence-electron chi connectivity index (χ1n) is 6.40. The second-order valence-electron chi connectivity index (χ2n) is 4.52. The van der Waals surface area contributed by atoms with Gasteiger partial charge in [0.05, 0.1) is 4.34 Å². The average Bonchev–Trinajstić information content (AvgIpc) is 2.82. The van der Waals surface area contributed by atoms with E-state index in [0.717, 1.165) is 38.3 Å². The van der Waals surface area contributed by atoms with Crippen LogP contribution < -0.4 is 5.32 Å². The lowest BCUT2D eigenvalue weighted by Crippen LogP contribution is -2.19. The molecule has 0 saturated carbocycles. The van der Waals surface area contributed by atoms with Crippen LogP contribution in [0, 0.1) is 0 Å². The number of hydrogen-bond donors (Lipinski definition) is 1. The van der Waals surface area contributed by atoms with Crippen molar-refractivity contribution in [2.75, 3.05) is 6.54 Å². The molecule has 19 heavy (non-hydrogen) atoms. The average molecular weight is 314 g/mol. The Hall–Kier alpha value is -0.540. The van der Waals surface area contributed by atoms with Gasteiger partial charge in [-0.2, -0.15) is 0 Å². The van der Waals surface area contributed by atoms with Crippen molar-refractivity contribution in [1.29, 1.82) is 0 Å². The topological polar surface area (TPSA) is 12.0 Å². The summed E-state index contributed by atoms with van der Waals surface area (Å²) in [4.78, 5) is 1.15. The molecule has 1 nitrogen and oxygen atoms in total. The summed E-state index contributed by atoms with van der Waals surface area (Å²) in [6.07, 6.45) is 1.12. The molecule has 1 N–H and O–H groups in total. The maximum Gasteiger partial charge on any atom is 0.0934 e. The molecule has 2 rings (SSSR count). The Kier molecular flexibility index (Phi) is 5.28. The van der Waals surface area contributed by atoms with Crippen LogP contribution in [-0.2, 0) is 0 Å². The van der Waals surface area contributed by atoms with Crippen molar-refractivity contribution in [2.24, 2.45) is 0 Å². The molecule has 0 fully saturated rings. The van der Waals surface area contributed by atoms with E-state index in [1.807, 2.05) is 18.2 Å². The second kappa shape index (κ2) is 6.76. The van der Waals surface area contributed by atoms with Crippen molar-refractivity contribution in [2.45, 2.75) is 26.3 Å². The van der Waals surface area contributed by atoms with Gasteiger partial charge in [-0.05, 0) is 49.2 Å². The summed E-state index contributed by atoms with van der Waals surface area (Å²) in [5.74, 6) is 0. The van der Waals surface area contributed by atoms with Gasteiger partial charge in [0, 0.05) is 15.9 Å². The summed E-state index contributed by atoms with van der Waals surface area (Å²) < 4.78 is 0.799. The van der Waals surface area contributed by atoms with Crippen LogP contribution in [0.5, 0.6) is 0 Å². The molecule has 0 aliphatic carbocycles. The third kappa shape index (κ3) is 3.73. The maximum atomic E-state index is 6.39. The molecule has 1 aromatic heterocycles. The van der Waals surface area contributed by atoms with E-state index >= 15 is 0 Å². The number of nitrogens with one attached hydrogen (secondary N) is 1. The summed E-state index contributed by atoms with van der Waals surface area (Å²) >= 11 is 13.9. The largest absolute Gasteiger partial charge is 0.310 e. The molecule has 0 amide bonds. The van der Waals surface area contributed by atoms with Crippen molar-refractivity contribution in [3.63, 3.8) is 0 Å². The normalized spacial score (nSPS) is 12.6. The van der Waals surface area contributed by atoms with Gasteiger partial charge in [0.1, 0.15) is 0 Å². The van der Waals surface area contributed by atoms with Gasteiger partial charge in [-0.15, -0.1) is 11.3 Å². The second-order valence-corrected chi connectivity index (χ2v) is 6.64. The molecule has 1 aromatic carbocycles. The Balaban J connectivity index is 2.21. The van der Waals surface area contributed by atoms with Crippen LogP contribution in [0.15, 0.2) is 30.3 Å². The molecule has 0 bridgehead atoms. The van der Waals surface area contributed by atoms with E-state index in [9.17, 15) is 0 Å². The molecule has 2 aromatic rings. The van der Waals surface area contributed by atoms with Crippen LogP contribution in [0.25, 0.3) is 10.4 Å². The van der Waals surface area contributed by atoms with Gasteiger partial charge in [-0.25, -0.2) is 0 Å². The minimum atomic E-state index is 0.272. The molecule has 0 saturated heterocycles. The molecule has 102 valence electrons. The van der Waals surface area contributed by atoms with Crippen LogP contribution in [0.3, 0.4) is 0 Å². The lowest BCUT2D eigenvalue weighted by molar-refractivity contribution is 0.571. The Morgan fingerprint density at radius 2 is 2.00 bits per heavy atom. The van der Waals surface area contributed by atoms with E-state index in [1.165, 1.54) is 0 Å². The van der Waals surface area contributed by atoms with E-state index in [4.69, 9.17) is 23.2 Å².